The predicted octanol–water partition coefficient (Wildman–Crippen LogP) is 1.23. The summed E-state index contributed by atoms with van der Waals surface area (Å²) in [4.78, 5) is 17.9. The number of carbonyl (C=O) groups is 1. The lowest BCUT2D eigenvalue weighted by Gasteiger charge is -2.40. The van der Waals surface area contributed by atoms with E-state index in [1.54, 1.807) is 26.1 Å². The lowest BCUT2D eigenvalue weighted by Crippen LogP contribution is -2.41. The molecular formula is C16H32N4O2. The number of hydrogen-bond donors (Lipinski definition) is 2. The molecule has 1 fully saturated rings. The minimum absolute atomic E-state index is 0.124. The van der Waals surface area contributed by atoms with Gasteiger partial charge in [0.15, 0.2) is 5.96 Å². The SMILES string of the molecule is CCNC(=NCC1(CCOC)CCC1)NCCC(=O)N(C)C. The van der Waals surface area contributed by atoms with Crippen LogP contribution in [0.2, 0.25) is 0 Å². The Morgan fingerprint density at radius 2 is 2.05 bits per heavy atom. The maximum atomic E-state index is 11.6. The van der Waals surface area contributed by atoms with Gasteiger partial charge < -0.3 is 20.3 Å². The first kappa shape index (κ1) is 18.7. The molecule has 22 heavy (non-hydrogen) atoms. The number of hydrogen-bond acceptors (Lipinski definition) is 3. The second-order valence-corrected chi connectivity index (χ2v) is 6.26. The van der Waals surface area contributed by atoms with E-state index in [0.29, 0.717) is 18.4 Å². The summed E-state index contributed by atoms with van der Waals surface area (Å²) in [6, 6.07) is 0. The number of methoxy groups -OCH3 is 1. The van der Waals surface area contributed by atoms with Crippen molar-refractivity contribution in [3.05, 3.63) is 0 Å². The number of rotatable bonds is 9. The Morgan fingerprint density at radius 3 is 2.55 bits per heavy atom. The zero-order chi connectivity index (χ0) is 16.4. The molecule has 128 valence electrons. The van der Waals surface area contributed by atoms with E-state index in [0.717, 1.165) is 32.1 Å². The minimum atomic E-state index is 0.124. The molecule has 0 aromatic carbocycles. The lowest BCUT2D eigenvalue weighted by molar-refractivity contribution is -0.128. The fourth-order valence-corrected chi connectivity index (χ4v) is 2.58. The average molecular weight is 312 g/mol. The number of carbonyl (C=O) groups excluding carboxylic acids is 1. The van der Waals surface area contributed by atoms with Crippen molar-refractivity contribution in [1.29, 1.82) is 0 Å². The smallest absolute Gasteiger partial charge is 0.223 e. The van der Waals surface area contributed by atoms with Gasteiger partial charge in [-0.25, -0.2) is 0 Å². The Balaban J connectivity index is 2.45. The Bertz CT molecular complexity index is 365. The van der Waals surface area contributed by atoms with Gasteiger partial charge in [-0.05, 0) is 31.6 Å². The van der Waals surface area contributed by atoms with Gasteiger partial charge in [0.1, 0.15) is 0 Å². The molecule has 0 bridgehead atoms. The quantitative estimate of drug-likeness (QED) is 0.496. The first-order valence-electron chi connectivity index (χ1n) is 8.24. The highest BCUT2D eigenvalue weighted by Crippen LogP contribution is 2.44. The van der Waals surface area contributed by atoms with Crippen LogP contribution in [0.5, 0.6) is 0 Å². The van der Waals surface area contributed by atoms with E-state index in [4.69, 9.17) is 9.73 Å². The van der Waals surface area contributed by atoms with E-state index in [1.807, 2.05) is 6.92 Å². The molecule has 1 rings (SSSR count). The molecule has 0 spiro atoms. The molecule has 1 amide bonds. The van der Waals surface area contributed by atoms with Gasteiger partial charge in [0.2, 0.25) is 5.91 Å². The Hall–Kier alpha value is -1.30. The molecule has 0 unspecified atom stereocenters. The van der Waals surface area contributed by atoms with Crippen LogP contribution in [0.4, 0.5) is 0 Å². The minimum Gasteiger partial charge on any atom is -0.385 e. The van der Waals surface area contributed by atoms with Crippen LogP contribution in [-0.4, -0.2) is 64.2 Å². The van der Waals surface area contributed by atoms with Crippen LogP contribution in [0.25, 0.3) is 0 Å². The summed E-state index contributed by atoms with van der Waals surface area (Å²) >= 11 is 0. The third kappa shape index (κ3) is 6.22. The Morgan fingerprint density at radius 1 is 1.32 bits per heavy atom. The zero-order valence-electron chi connectivity index (χ0n) is 14.6. The van der Waals surface area contributed by atoms with Gasteiger partial charge >= 0.3 is 0 Å². The van der Waals surface area contributed by atoms with Crippen LogP contribution in [0, 0.1) is 5.41 Å². The van der Waals surface area contributed by atoms with E-state index in [-0.39, 0.29) is 5.91 Å². The highest BCUT2D eigenvalue weighted by Gasteiger charge is 2.36. The van der Waals surface area contributed by atoms with Crippen molar-refractivity contribution in [3.8, 4) is 0 Å². The van der Waals surface area contributed by atoms with Crippen LogP contribution in [0.3, 0.4) is 0 Å². The summed E-state index contributed by atoms with van der Waals surface area (Å²) in [7, 11) is 5.30. The fourth-order valence-electron chi connectivity index (χ4n) is 2.58. The molecule has 1 aliphatic carbocycles. The van der Waals surface area contributed by atoms with E-state index in [9.17, 15) is 4.79 Å². The van der Waals surface area contributed by atoms with Gasteiger partial charge in [-0.2, -0.15) is 0 Å². The monoisotopic (exact) mass is 312 g/mol. The molecule has 0 saturated heterocycles. The highest BCUT2D eigenvalue weighted by atomic mass is 16.5. The molecule has 1 saturated carbocycles. The van der Waals surface area contributed by atoms with Crippen molar-refractivity contribution in [2.75, 3.05) is 47.4 Å². The number of aliphatic imine (C=N–C) groups is 1. The summed E-state index contributed by atoms with van der Waals surface area (Å²) in [5.74, 6) is 0.927. The molecule has 2 N–H and O–H groups in total. The maximum absolute atomic E-state index is 11.6. The summed E-state index contributed by atoms with van der Waals surface area (Å²) in [5.41, 5.74) is 0.317. The van der Waals surface area contributed by atoms with Crippen LogP contribution >= 0.6 is 0 Å². The van der Waals surface area contributed by atoms with Gasteiger partial charge in [-0.3, -0.25) is 9.79 Å². The van der Waals surface area contributed by atoms with Gasteiger partial charge in [0.05, 0.1) is 0 Å². The molecule has 0 aliphatic heterocycles. The van der Waals surface area contributed by atoms with Crippen LogP contribution in [0.1, 0.15) is 39.0 Å². The first-order chi connectivity index (χ1) is 10.5. The number of nitrogens with one attached hydrogen (secondary N) is 2. The molecule has 0 aromatic heterocycles. The fraction of sp³-hybridized carbons (Fsp3) is 0.875. The van der Waals surface area contributed by atoms with Gasteiger partial charge in [-0.15, -0.1) is 0 Å². The van der Waals surface area contributed by atoms with Crippen molar-refractivity contribution in [3.63, 3.8) is 0 Å². The van der Waals surface area contributed by atoms with E-state index >= 15 is 0 Å². The average Bonchev–Trinajstić information content (AvgIpc) is 2.45. The van der Waals surface area contributed by atoms with E-state index < -0.39 is 0 Å². The van der Waals surface area contributed by atoms with Crippen LogP contribution in [-0.2, 0) is 9.53 Å². The normalized spacial score (nSPS) is 16.8. The van der Waals surface area contributed by atoms with Crippen LogP contribution in [0.15, 0.2) is 4.99 Å². The summed E-state index contributed by atoms with van der Waals surface area (Å²) in [6.07, 6.45) is 5.31. The van der Waals surface area contributed by atoms with Crippen molar-refractivity contribution < 1.29 is 9.53 Å². The Kier molecular flexibility index (Phi) is 8.24. The van der Waals surface area contributed by atoms with Crippen molar-refractivity contribution in [2.45, 2.75) is 39.0 Å². The molecule has 0 radical (unpaired) electrons. The molecule has 1 aliphatic rings. The third-order valence-electron chi connectivity index (χ3n) is 4.30. The molecule has 0 heterocycles. The van der Waals surface area contributed by atoms with Gasteiger partial charge in [0.25, 0.3) is 0 Å². The van der Waals surface area contributed by atoms with Gasteiger partial charge in [0, 0.05) is 53.9 Å². The van der Waals surface area contributed by atoms with E-state index in [1.165, 1.54) is 19.3 Å². The maximum Gasteiger partial charge on any atom is 0.223 e. The number of ether oxygens (including phenoxy) is 1. The second kappa shape index (κ2) is 9.66. The summed E-state index contributed by atoms with van der Waals surface area (Å²) in [5, 5.41) is 6.49. The second-order valence-electron chi connectivity index (χ2n) is 6.26. The lowest BCUT2D eigenvalue weighted by atomic mass is 9.67. The zero-order valence-corrected chi connectivity index (χ0v) is 14.6. The standard InChI is InChI=1S/C16H32N4O2/c1-5-17-15(18-11-7-14(21)20(2)3)19-13-16(8-6-9-16)10-12-22-4/h5-13H2,1-4H3,(H2,17,18,19). The Labute approximate surface area is 134 Å². The topological polar surface area (TPSA) is 66.0 Å². The summed E-state index contributed by atoms with van der Waals surface area (Å²) < 4.78 is 5.22. The van der Waals surface area contributed by atoms with Crippen molar-refractivity contribution in [1.82, 2.24) is 15.5 Å². The van der Waals surface area contributed by atoms with Crippen LogP contribution < -0.4 is 10.6 Å². The predicted molar refractivity (Wildman–Crippen MR) is 90.1 cm³/mol. The van der Waals surface area contributed by atoms with Crippen molar-refractivity contribution in [2.24, 2.45) is 10.4 Å². The first-order valence-corrected chi connectivity index (χ1v) is 8.24. The molecule has 6 heteroatoms. The molecule has 0 aromatic rings. The number of nitrogens with zero attached hydrogens (tertiary/aromatic N) is 2. The van der Waals surface area contributed by atoms with Gasteiger partial charge in [-0.1, -0.05) is 6.42 Å². The largest absolute Gasteiger partial charge is 0.385 e. The van der Waals surface area contributed by atoms with Crippen molar-refractivity contribution >= 4 is 11.9 Å². The third-order valence-corrected chi connectivity index (χ3v) is 4.30. The van der Waals surface area contributed by atoms with E-state index in [2.05, 4.69) is 10.6 Å². The highest BCUT2D eigenvalue weighted by molar-refractivity contribution is 5.81. The number of amides is 1. The number of guanidine groups is 1. The molecule has 6 nitrogen and oxygen atoms in total. The molecular weight excluding hydrogens is 280 g/mol. The molecule has 0 atom stereocenters. The summed E-state index contributed by atoms with van der Waals surface area (Å²) in [6.45, 7) is 5.10.